The van der Waals surface area contributed by atoms with E-state index in [1.807, 2.05) is 13.8 Å². The minimum absolute atomic E-state index is 0.0337. The fourth-order valence-corrected chi connectivity index (χ4v) is 6.39. The predicted molar refractivity (Wildman–Crippen MR) is 139 cm³/mol. The summed E-state index contributed by atoms with van der Waals surface area (Å²) in [5.41, 5.74) is -1.50. The van der Waals surface area contributed by atoms with Crippen LogP contribution in [0.15, 0.2) is 11.8 Å². The molecule has 4 aliphatic heterocycles. The van der Waals surface area contributed by atoms with Gasteiger partial charge >= 0.3 is 5.97 Å². The molecule has 17 heteroatoms. The fourth-order valence-electron chi connectivity index (χ4n) is 6.39. The first kappa shape index (κ1) is 33.8. The van der Waals surface area contributed by atoms with Gasteiger partial charge in [-0.15, -0.1) is 0 Å². The van der Waals surface area contributed by atoms with Crippen molar-refractivity contribution in [2.75, 3.05) is 26.4 Å². The number of hydrogen-bond acceptors (Lipinski definition) is 17. The summed E-state index contributed by atoms with van der Waals surface area (Å²) in [6, 6.07) is 0. The lowest BCUT2D eigenvalue weighted by Gasteiger charge is -2.44. The fraction of sp³-hybridized carbons (Fsp3) is 0.889. The van der Waals surface area contributed by atoms with E-state index in [4.69, 9.17) is 33.2 Å². The van der Waals surface area contributed by atoms with E-state index in [0.29, 0.717) is 5.57 Å². The Hall–Kier alpha value is -1.55. The normalized spacial score (nSPS) is 48.3. The molecular formula is C27H42O17. The van der Waals surface area contributed by atoms with Crippen LogP contribution in [-0.2, 0) is 38.0 Å². The molecule has 3 saturated heterocycles. The van der Waals surface area contributed by atoms with Gasteiger partial charge in [0.2, 0.25) is 6.29 Å². The van der Waals surface area contributed by atoms with E-state index in [-0.39, 0.29) is 18.9 Å². The SMILES string of the molecule is CC(C)CC(=O)O[C@@H]1OC=C(CO[C@@H]2O[C@H](CO)[C@@H](O)[C@H](O)[C@H]2O)[C@H]2[C@@H]3O[C@@H]3[C@@](O)(CO[C@@H]3O[C@H](CO)[C@@H](O)[C@H](O)[C@H]3O)[C@@H]12. The number of epoxide rings is 1. The summed E-state index contributed by atoms with van der Waals surface area (Å²) in [6.07, 6.45) is -16.8. The Morgan fingerprint density at radius 2 is 1.41 bits per heavy atom. The first-order valence-electron chi connectivity index (χ1n) is 14.6. The Bertz CT molecular complexity index is 1040. The number of fused-ring (bicyclic) bond motifs is 3. The Balaban J connectivity index is 1.34. The summed E-state index contributed by atoms with van der Waals surface area (Å²) in [7, 11) is 0. The summed E-state index contributed by atoms with van der Waals surface area (Å²) in [5.74, 6) is -2.31. The van der Waals surface area contributed by atoms with Gasteiger partial charge in [-0.3, -0.25) is 4.79 Å². The second kappa shape index (κ2) is 13.3. The quantitative estimate of drug-likeness (QED) is 0.0759. The van der Waals surface area contributed by atoms with Crippen LogP contribution in [0.2, 0.25) is 0 Å². The minimum atomic E-state index is -1.90. The van der Waals surface area contributed by atoms with E-state index < -0.39 is 123 Å². The van der Waals surface area contributed by atoms with Crippen molar-refractivity contribution in [1.29, 1.82) is 0 Å². The second-order valence-electron chi connectivity index (χ2n) is 12.4. The zero-order chi connectivity index (χ0) is 32.1. The highest BCUT2D eigenvalue weighted by Gasteiger charge is 2.74. The van der Waals surface area contributed by atoms with Gasteiger partial charge in [0.05, 0.1) is 44.7 Å². The monoisotopic (exact) mass is 638 g/mol. The number of carbonyl (C=O) groups is 1. The topological polar surface area (TPSA) is 267 Å². The van der Waals surface area contributed by atoms with Crippen LogP contribution in [0.5, 0.6) is 0 Å². The maximum absolute atomic E-state index is 12.6. The summed E-state index contributed by atoms with van der Waals surface area (Å²) >= 11 is 0. The molecule has 252 valence electrons. The van der Waals surface area contributed by atoms with E-state index in [1.165, 1.54) is 6.26 Å². The van der Waals surface area contributed by atoms with Gasteiger partial charge in [-0.2, -0.15) is 0 Å². The molecule has 4 fully saturated rings. The molecule has 0 amide bonds. The Morgan fingerprint density at radius 1 is 0.841 bits per heavy atom. The largest absolute Gasteiger partial charge is 0.462 e. The summed E-state index contributed by atoms with van der Waals surface area (Å²) in [5, 5.41) is 92.1. The zero-order valence-electron chi connectivity index (χ0n) is 24.1. The van der Waals surface area contributed by atoms with Gasteiger partial charge in [0, 0.05) is 12.3 Å². The van der Waals surface area contributed by atoms with Gasteiger partial charge in [-0.1, -0.05) is 13.8 Å². The third-order valence-corrected chi connectivity index (χ3v) is 8.82. The third kappa shape index (κ3) is 6.24. The van der Waals surface area contributed by atoms with Gasteiger partial charge in [-0.05, 0) is 11.5 Å². The number of carbonyl (C=O) groups excluding carboxylic acids is 1. The Kier molecular flexibility index (Phi) is 10.2. The molecule has 17 nitrogen and oxygen atoms in total. The van der Waals surface area contributed by atoms with Crippen LogP contribution in [0, 0.1) is 17.8 Å². The zero-order valence-corrected chi connectivity index (χ0v) is 24.1. The molecule has 4 heterocycles. The van der Waals surface area contributed by atoms with Crippen molar-refractivity contribution in [3.05, 3.63) is 11.8 Å². The van der Waals surface area contributed by atoms with Crippen molar-refractivity contribution in [3.8, 4) is 0 Å². The van der Waals surface area contributed by atoms with Gasteiger partial charge in [0.1, 0.15) is 60.5 Å². The average molecular weight is 639 g/mol. The molecule has 0 aromatic rings. The van der Waals surface area contributed by atoms with Crippen LogP contribution in [-0.4, -0.2) is 164 Å². The first-order chi connectivity index (χ1) is 20.8. The van der Waals surface area contributed by atoms with E-state index in [9.17, 15) is 50.8 Å². The van der Waals surface area contributed by atoms with Crippen molar-refractivity contribution in [3.63, 3.8) is 0 Å². The van der Waals surface area contributed by atoms with Crippen LogP contribution >= 0.6 is 0 Å². The van der Waals surface area contributed by atoms with Gasteiger partial charge in [-0.25, -0.2) is 0 Å². The standard InChI is InChI=1S/C27H42O17/c1-9(2)3-13(30)43-24-15-14(10(6-38-24)7-39-25-20(35)18(33)16(31)11(4-28)41-25)22-23(44-22)27(15,37)8-40-26-21(36)19(34)17(32)12(5-29)42-26/h6,9,11-12,14-26,28-29,31-37H,3-5,7-8H2,1-2H3/t11-,12-,14-,15-,16-,17-,18+,19+,20-,21-,22+,23+,24+,25-,26-,27-/m1/s1. The first-order valence-corrected chi connectivity index (χ1v) is 14.6. The van der Waals surface area contributed by atoms with Crippen LogP contribution in [0.1, 0.15) is 20.3 Å². The molecule has 0 spiro atoms. The molecule has 5 aliphatic rings. The van der Waals surface area contributed by atoms with E-state index >= 15 is 0 Å². The highest BCUT2D eigenvalue weighted by Crippen LogP contribution is 2.59. The molecule has 1 aliphatic carbocycles. The Labute approximate surface area is 252 Å². The highest BCUT2D eigenvalue weighted by atomic mass is 16.7. The van der Waals surface area contributed by atoms with Crippen LogP contribution in [0.3, 0.4) is 0 Å². The molecule has 5 rings (SSSR count). The maximum atomic E-state index is 12.6. The van der Waals surface area contributed by atoms with Crippen molar-refractivity contribution in [2.45, 2.75) is 106 Å². The lowest BCUT2D eigenvalue weighted by molar-refractivity contribution is -0.315. The van der Waals surface area contributed by atoms with E-state index in [0.717, 1.165) is 0 Å². The van der Waals surface area contributed by atoms with Crippen LogP contribution in [0.25, 0.3) is 0 Å². The number of rotatable bonds is 11. The van der Waals surface area contributed by atoms with Crippen molar-refractivity contribution in [2.24, 2.45) is 17.8 Å². The smallest absolute Gasteiger partial charge is 0.309 e. The average Bonchev–Trinajstić information content (AvgIpc) is 3.74. The predicted octanol–water partition coefficient (Wildman–Crippen LogP) is -4.81. The van der Waals surface area contributed by atoms with Crippen molar-refractivity contribution >= 4 is 5.97 Å². The lowest BCUT2D eigenvalue weighted by Crippen LogP contribution is -2.61. The molecule has 0 aromatic carbocycles. The minimum Gasteiger partial charge on any atom is -0.462 e. The third-order valence-electron chi connectivity index (χ3n) is 8.82. The van der Waals surface area contributed by atoms with Crippen LogP contribution < -0.4 is 0 Å². The Morgan fingerprint density at radius 3 is 1.95 bits per heavy atom. The van der Waals surface area contributed by atoms with Gasteiger partial charge in [0.15, 0.2) is 12.6 Å². The highest BCUT2D eigenvalue weighted by molar-refractivity contribution is 5.69. The molecule has 0 unspecified atom stereocenters. The molecule has 9 N–H and O–H groups in total. The summed E-state index contributed by atoms with van der Waals surface area (Å²) < 4.78 is 39.4. The molecule has 0 bridgehead atoms. The van der Waals surface area contributed by atoms with E-state index in [1.54, 1.807) is 0 Å². The summed E-state index contributed by atoms with van der Waals surface area (Å²) in [6.45, 7) is 1.46. The van der Waals surface area contributed by atoms with Gasteiger partial charge < -0.3 is 79.1 Å². The number of hydrogen-bond donors (Lipinski definition) is 9. The maximum Gasteiger partial charge on any atom is 0.309 e. The molecule has 0 radical (unpaired) electrons. The molecule has 44 heavy (non-hydrogen) atoms. The van der Waals surface area contributed by atoms with E-state index in [2.05, 4.69) is 0 Å². The molecular weight excluding hydrogens is 596 g/mol. The van der Waals surface area contributed by atoms with Crippen LogP contribution in [0.4, 0.5) is 0 Å². The number of aliphatic hydroxyl groups is 9. The second-order valence-corrected chi connectivity index (χ2v) is 12.4. The molecule has 16 atom stereocenters. The lowest BCUT2D eigenvalue weighted by atomic mass is 9.79. The summed E-state index contributed by atoms with van der Waals surface area (Å²) in [4.78, 5) is 12.6. The number of ether oxygens (including phenoxy) is 7. The number of aliphatic hydroxyl groups excluding tert-OH is 8. The molecule has 0 aromatic heterocycles. The van der Waals surface area contributed by atoms with Crippen molar-refractivity contribution in [1.82, 2.24) is 0 Å². The molecule has 1 saturated carbocycles. The van der Waals surface area contributed by atoms with Gasteiger partial charge in [0.25, 0.3) is 0 Å². The number of esters is 1. The van der Waals surface area contributed by atoms with Crippen molar-refractivity contribution < 1.29 is 83.9 Å².